The fourth-order valence-corrected chi connectivity index (χ4v) is 2.40. The van der Waals surface area contributed by atoms with Crippen LogP contribution in [-0.2, 0) is 4.79 Å². The Labute approximate surface area is 73.2 Å². The predicted octanol–water partition coefficient (Wildman–Crippen LogP) is 2.34. The third-order valence-corrected chi connectivity index (χ3v) is 3.06. The van der Waals surface area contributed by atoms with Crippen molar-refractivity contribution in [3.8, 4) is 0 Å². The first kappa shape index (κ1) is 7.78. The van der Waals surface area contributed by atoms with E-state index in [1.54, 1.807) is 0 Å². The molecule has 12 heavy (non-hydrogen) atoms. The Morgan fingerprint density at radius 2 is 2.42 bits per heavy atom. The summed E-state index contributed by atoms with van der Waals surface area (Å²) in [6.07, 6.45) is 6.54. The van der Waals surface area contributed by atoms with Gasteiger partial charge in [-0.3, -0.25) is 4.79 Å². The summed E-state index contributed by atoms with van der Waals surface area (Å²) < 4.78 is 0. The lowest BCUT2D eigenvalue weighted by Gasteiger charge is -2.43. The molecule has 1 unspecified atom stereocenters. The molecule has 0 radical (unpaired) electrons. The Bertz CT molecular complexity index is 262. The predicted molar refractivity (Wildman–Crippen MR) is 48.7 cm³/mol. The van der Waals surface area contributed by atoms with Crippen molar-refractivity contribution in [2.45, 2.75) is 19.8 Å². The van der Waals surface area contributed by atoms with E-state index in [9.17, 15) is 4.79 Å². The van der Waals surface area contributed by atoms with Gasteiger partial charge in [0, 0.05) is 11.8 Å². The van der Waals surface area contributed by atoms with Crippen LogP contribution < -0.4 is 0 Å². The van der Waals surface area contributed by atoms with E-state index in [0.29, 0.717) is 17.6 Å². The molecule has 0 N–H and O–H groups in total. The lowest BCUT2D eigenvalue weighted by molar-refractivity contribution is -0.138. The van der Waals surface area contributed by atoms with E-state index < -0.39 is 0 Å². The zero-order valence-corrected chi connectivity index (χ0v) is 7.42. The van der Waals surface area contributed by atoms with Crippen LogP contribution in [0, 0.1) is 17.8 Å². The monoisotopic (exact) mass is 162 g/mol. The second-order valence-electron chi connectivity index (χ2n) is 3.92. The van der Waals surface area contributed by atoms with Crippen molar-refractivity contribution in [2.24, 2.45) is 17.8 Å². The molecule has 2 aliphatic rings. The van der Waals surface area contributed by atoms with Gasteiger partial charge >= 0.3 is 0 Å². The number of ketones is 1. The minimum Gasteiger partial charge on any atom is -0.299 e. The topological polar surface area (TPSA) is 17.1 Å². The molecule has 0 aromatic rings. The summed E-state index contributed by atoms with van der Waals surface area (Å²) in [5.74, 6) is 1.39. The van der Waals surface area contributed by atoms with Crippen LogP contribution in [0.25, 0.3) is 0 Å². The standard InChI is InChI=1S/C11H14O/c1-7(2)10-8-5-3-4-6-9(8)11(10)12/h3,5,8-10H,1,4,6H2,2H3/t8-,9+,10?/m1/s1. The van der Waals surface area contributed by atoms with Gasteiger partial charge in [-0.05, 0) is 25.7 Å². The zero-order chi connectivity index (χ0) is 8.72. The van der Waals surface area contributed by atoms with Crippen molar-refractivity contribution >= 4 is 5.78 Å². The van der Waals surface area contributed by atoms with Crippen molar-refractivity contribution < 1.29 is 4.79 Å². The van der Waals surface area contributed by atoms with E-state index >= 15 is 0 Å². The van der Waals surface area contributed by atoms with E-state index in [4.69, 9.17) is 0 Å². The zero-order valence-electron chi connectivity index (χ0n) is 7.42. The molecule has 0 aromatic heterocycles. The molecular weight excluding hydrogens is 148 g/mol. The smallest absolute Gasteiger partial charge is 0.144 e. The van der Waals surface area contributed by atoms with Gasteiger partial charge in [0.2, 0.25) is 0 Å². The molecule has 1 saturated carbocycles. The molecule has 1 heteroatoms. The lowest BCUT2D eigenvalue weighted by Crippen LogP contribution is -2.47. The summed E-state index contributed by atoms with van der Waals surface area (Å²) in [5.41, 5.74) is 1.04. The maximum absolute atomic E-state index is 11.5. The average Bonchev–Trinajstić information content (AvgIpc) is 2.03. The Kier molecular flexibility index (Phi) is 1.67. The second kappa shape index (κ2) is 2.58. The van der Waals surface area contributed by atoms with Gasteiger partial charge in [0.25, 0.3) is 0 Å². The van der Waals surface area contributed by atoms with Crippen molar-refractivity contribution in [3.63, 3.8) is 0 Å². The van der Waals surface area contributed by atoms with Crippen LogP contribution in [0.5, 0.6) is 0 Å². The third kappa shape index (κ3) is 0.889. The quantitative estimate of drug-likeness (QED) is 0.541. The SMILES string of the molecule is C=C(C)C1C(=O)[C@H]2CCC=C[C@@H]12. The third-order valence-electron chi connectivity index (χ3n) is 3.06. The van der Waals surface area contributed by atoms with Gasteiger partial charge in [-0.25, -0.2) is 0 Å². The highest BCUT2D eigenvalue weighted by atomic mass is 16.1. The summed E-state index contributed by atoms with van der Waals surface area (Å²) in [6, 6.07) is 0. The van der Waals surface area contributed by atoms with Crippen molar-refractivity contribution in [2.75, 3.05) is 0 Å². The van der Waals surface area contributed by atoms with E-state index in [0.717, 1.165) is 18.4 Å². The molecule has 3 atom stereocenters. The molecular formula is C11H14O. The molecule has 0 spiro atoms. The number of carbonyl (C=O) groups excluding carboxylic acids is 1. The maximum Gasteiger partial charge on any atom is 0.144 e. The first-order valence-electron chi connectivity index (χ1n) is 4.57. The molecule has 0 aliphatic heterocycles. The van der Waals surface area contributed by atoms with Crippen LogP contribution in [0.1, 0.15) is 19.8 Å². The van der Waals surface area contributed by atoms with Crippen LogP contribution in [0.3, 0.4) is 0 Å². The highest BCUT2D eigenvalue weighted by Gasteiger charge is 2.48. The van der Waals surface area contributed by atoms with Crippen LogP contribution in [0.4, 0.5) is 0 Å². The van der Waals surface area contributed by atoms with Gasteiger partial charge in [-0.1, -0.05) is 24.3 Å². The number of fused-ring (bicyclic) bond motifs is 1. The minimum atomic E-state index is 0.145. The number of allylic oxidation sites excluding steroid dienone is 3. The highest BCUT2D eigenvalue weighted by Crippen LogP contribution is 2.46. The largest absolute Gasteiger partial charge is 0.299 e. The molecule has 64 valence electrons. The van der Waals surface area contributed by atoms with E-state index in [1.165, 1.54) is 0 Å². The molecule has 0 heterocycles. The van der Waals surface area contributed by atoms with E-state index in [1.807, 2.05) is 6.92 Å². The summed E-state index contributed by atoms with van der Waals surface area (Å²) in [4.78, 5) is 11.5. The van der Waals surface area contributed by atoms with Crippen LogP contribution in [0.2, 0.25) is 0 Å². The van der Waals surface area contributed by atoms with Gasteiger partial charge in [0.1, 0.15) is 5.78 Å². The summed E-state index contributed by atoms with van der Waals surface area (Å²) in [5, 5.41) is 0. The molecule has 0 aromatic carbocycles. The average molecular weight is 162 g/mol. The molecule has 1 nitrogen and oxygen atoms in total. The van der Waals surface area contributed by atoms with E-state index in [-0.39, 0.29) is 5.92 Å². The normalized spacial score (nSPS) is 38.8. The molecule has 0 saturated heterocycles. The van der Waals surface area contributed by atoms with Crippen LogP contribution >= 0.6 is 0 Å². The van der Waals surface area contributed by atoms with Crippen molar-refractivity contribution in [3.05, 3.63) is 24.3 Å². The Hall–Kier alpha value is -0.850. The second-order valence-corrected chi connectivity index (χ2v) is 3.92. The van der Waals surface area contributed by atoms with Gasteiger partial charge in [0.15, 0.2) is 0 Å². The summed E-state index contributed by atoms with van der Waals surface area (Å²) >= 11 is 0. The van der Waals surface area contributed by atoms with Gasteiger partial charge in [-0.15, -0.1) is 0 Å². The van der Waals surface area contributed by atoms with E-state index in [2.05, 4.69) is 18.7 Å². The Morgan fingerprint density at radius 1 is 1.67 bits per heavy atom. The van der Waals surface area contributed by atoms with Crippen molar-refractivity contribution in [1.82, 2.24) is 0 Å². The first-order valence-corrected chi connectivity index (χ1v) is 4.57. The maximum atomic E-state index is 11.5. The molecule has 0 amide bonds. The van der Waals surface area contributed by atoms with Gasteiger partial charge < -0.3 is 0 Å². The van der Waals surface area contributed by atoms with Gasteiger partial charge in [0.05, 0.1) is 0 Å². The fraction of sp³-hybridized carbons (Fsp3) is 0.545. The van der Waals surface area contributed by atoms with Crippen LogP contribution in [0.15, 0.2) is 24.3 Å². The van der Waals surface area contributed by atoms with Crippen molar-refractivity contribution in [1.29, 1.82) is 0 Å². The number of hydrogen-bond acceptors (Lipinski definition) is 1. The molecule has 2 rings (SSSR count). The number of Topliss-reactive ketones (excluding diaryl/α,β-unsaturated/α-hetero) is 1. The number of rotatable bonds is 1. The van der Waals surface area contributed by atoms with Crippen LogP contribution in [-0.4, -0.2) is 5.78 Å². The highest BCUT2D eigenvalue weighted by molar-refractivity contribution is 5.93. The Balaban J connectivity index is 2.20. The number of hydrogen-bond donors (Lipinski definition) is 0. The Morgan fingerprint density at radius 3 is 3.08 bits per heavy atom. The molecule has 1 fully saturated rings. The molecule has 0 bridgehead atoms. The summed E-state index contributed by atoms with van der Waals surface area (Å²) in [6.45, 7) is 5.82. The first-order chi connectivity index (χ1) is 5.72. The fourth-order valence-electron chi connectivity index (χ4n) is 2.40. The lowest BCUT2D eigenvalue weighted by atomic mass is 9.58. The minimum absolute atomic E-state index is 0.145. The molecule has 2 aliphatic carbocycles. The van der Waals surface area contributed by atoms with Gasteiger partial charge in [-0.2, -0.15) is 0 Å². The summed E-state index contributed by atoms with van der Waals surface area (Å²) in [7, 11) is 0. The number of carbonyl (C=O) groups is 1.